The highest BCUT2D eigenvalue weighted by Crippen LogP contribution is 2.25. The van der Waals surface area contributed by atoms with Gasteiger partial charge in [-0.1, -0.05) is 18.2 Å². The summed E-state index contributed by atoms with van der Waals surface area (Å²) >= 11 is 0. The van der Waals surface area contributed by atoms with Crippen molar-refractivity contribution in [2.45, 2.75) is 45.6 Å². The number of aryl methyl sites for hydroxylation is 1. The highest BCUT2D eigenvalue weighted by molar-refractivity contribution is 5.88. The molecule has 0 atom stereocenters. The minimum Gasteiger partial charge on any atom is -0.493 e. The van der Waals surface area contributed by atoms with Gasteiger partial charge in [0.1, 0.15) is 11.3 Å². The molecule has 0 aliphatic carbocycles. The van der Waals surface area contributed by atoms with Crippen molar-refractivity contribution in [3.05, 3.63) is 47.3 Å². The molecule has 1 aliphatic rings. The molecule has 3 rings (SSSR count). The lowest BCUT2D eigenvalue weighted by Crippen LogP contribution is -2.39. The molecule has 0 spiro atoms. The van der Waals surface area contributed by atoms with Gasteiger partial charge < -0.3 is 14.7 Å². The minimum absolute atomic E-state index is 0.140. The quantitative estimate of drug-likeness (QED) is 0.740. The molecule has 1 aliphatic heterocycles. The number of nitrogens with zero attached hydrogens (tertiary/aromatic N) is 3. The van der Waals surface area contributed by atoms with Crippen molar-refractivity contribution in [1.82, 2.24) is 14.7 Å². The number of carboxylic acid groups (broad SMARTS) is 1. The van der Waals surface area contributed by atoms with E-state index in [-0.39, 0.29) is 17.5 Å². The lowest BCUT2D eigenvalue weighted by molar-refractivity contribution is -0.132. The molecular formula is C21H27N3O4. The highest BCUT2D eigenvalue weighted by atomic mass is 16.5. The predicted molar refractivity (Wildman–Crippen MR) is 105 cm³/mol. The van der Waals surface area contributed by atoms with E-state index < -0.39 is 5.97 Å². The topological polar surface area (TPSA) is 84.7 Å². The Kier molecular flexibility index (Phi) is 6.34. The summed E-state index contributed by atoms with van der Waals surface area (Å²) in [6.45, 7) is 5.65. The number of piperidine rings is 1. The zero-order chi connectivity index (χ0) is 20.1. The van der Waals surface area contributed by atoms with Crippen LogP contribution in [-0.2, 0) is 4.79 Å². The van der Waals surface area contributed by atoms with Gasteiger partial charge in [0.05, 0.1) is 24.5 Å². The molecule has 0 radical (unpaired) electrons. The maximum atomic E-state index is 12.5. The van der Waals surface area contributed by atoms with Gasteiger partial charge in [0, 0.05) is 19.5 Å². The Morgan fingerprint density at radius 3 is 2.57 bits per heavy atom. The smallest absolute Gasteiger partial charge is 0.339 e. The molecular weight excluding hydrogens is 358 g/mol. The van der Waals surface area contributed by atoms with E-state index in [9.17, 15) is 9.59 Å². The monoisotopic (exact) mass is 385 g/mol. The van der Waals surface area contributed by atoms with E-state index in [2.05, 4.69) is 5.10 Å². The zero-order valence-corrected chi connectivity index (χ0v) is 16.4. The van der Waals surface area contributed by atoms with Gasteiger partial charge in [-0.05, 0) is 44.7 Å². The summed E-state index contributed by atoms with van der Waals surface area (Å²) in [5, 5.41) is 13.4. The number of aromatic nitrogens is 2. The highest BCUT2D eigenvalue weighted by Gasteiger charge is 2.26. The van der Waals surface area contributed by atoms with E-state index in [4.69, 9.17) is 9.84 Å². The van der Waals surface area contributed by atoms with E-state index >= 15 is 0 Å². The number of para-hydroxylation sites is 1. The molecule has 0 saturated carbocycles. The van der Waals surface area contributed by atoms with Crippen molar-refractivity contribution < 1.29 is 19.4 Å². The lowest BCUT2D eigenvalue weighted by Gasteiger charge is -2.32. The van der Waals surface area contributed by atoms with Crippen LogP contribution in [0.3, 0.4) is 0 Å². The first-order valence-corrected chi connectivity index (χ1v) is 9.71. The third kappa shape index (κ3) is 4.52. The van der Waals surface area contributed by atoms with Gasteiger partial charge in [0.2, 0.25) is 5.91 Å². The first-order chi connectivity index (χ1) is 13.5. The van der Waals surface area contributed by atoms with Gasteiger partial charge in [-0.3, -0.25) is 9.48 Å². The van der Waals surface area contributed by atoms with E-state index in [1.165, 1.54) is 6.20 Å². The fourth-order valence-electron chi connectivity index (χ4n) is 3.64. The Labute approximate surface area is 164 Å². The number of carbonyl (C=O) groups is 2. The number of hydrogen-bond acceptors (Lipinski definition) is 4. The van der Waals surface area contributed by atoms with Crippen molar-refractivity contribution in [2.24, 2.45) is 0 Å². The molecule has 0 bridgehead atoms. The molecule has 7 heteroatoms. The van der Waals surface area contributed by atoms with Gasteiger partial charge in [-0.15, -0.1) is 0 Å². The summed E-state index contributed by atoms with van der Waals surface area (Å²) in [7, 11) is 0. The maximum absolute atomic E-state index is 12.5. The first-order valence-electron chi connectivity index (χ1n) is 9.71. The molecule has 150 valence electrons. The van der Waals surface area contributed by atoms with Crippen LogP contribution in [-0.4, -0.2) is 51.4 Å². The average molecular weight is 385 g/mol. The van der Waals surface area contributed by atoms with Gasteiger partial charge in [-0.25, -0.2) is 4.79 Å². The van der Waals surface area contributed by atoms with Crippen LogP contribution in [0, 0.1) is 13.8 Å². The van der Waals surface area contributed by atoms with E-state index in [0.717, 1.165) is 24.2 Å². The zero-order valence-electron chi connectivity index (χ0n) is 16.4. The minimum atomic E-state index is -0.954. The number of benzene rings is 1. The summed E-state index contributed by atoms with van der Waals surface area (Å²) < 4.78 is 7.55. The van der Waals surface area contributed by atoms with Gasteiger partial charge in [0.25, 0.3) is 0 Å². The second kappa shape index (κ2) is 8.91. The van der Waals surface area contributed by atoms with Crippen molar-refractivity contribution in [3.63, 3.8) is 0 Å². The second-order valence-corrected chi connectivity index (χ2v) is 7.22. The van der Waals surface area contributed by atoms with Crippen LogP contribution in [0.15, 0.2) is 30.5 Å². The van der Waals surface area contributed by atoms with Gasteiger partial charge >= 0.3 is 5.97 Å². The van der Waals surface area contributed by atoms with E-state index in [0.29, 0.717) is 38.2 Å². The molecule has 2 heterocycles. The number of carboxylic acids is 1. The maximum Gasteiger partial charge on any atom is 0.339 e. The van der Waals surface area contributed by atoms with Gasteiger partial charge in [-0.2, -0.15) is 5.10 Å². The molecule has 1 amide bonds. The van der Waals surface area contributed by atoms with Crippen LogP contribution in [0.5, 0.6) is 5.75 Å². The standard InChI is InChI=1S/C21H27N3O4/c1-15-6-3-4-7-19(15)28-13-5-8-20(25)23-11-9-17(10-12-23)24-16(2)18(14-22-24)21(26)27/h3-4,6-7,14,17H,5,8-13H2,1-2H3,(H,26,27). The molecule has 2 aromatic rings. The molecule has 0 unspecified atom stereocenters. The molecule has 1 N–H and O–H groups in total. The Balaban J connectivity index is 1.43. The molecule has 28 heavy (non-hydrogen) atoms. The number of carbonyl (C=O) groups excluding carboxylic acids is 1. The number of rotatable bonds is 7. The number of likely N-dealkylation sites (tertiary alicyclic amines) is 1. The third-order valence-corrected chi connectivity index (χ3v) is 5.32. The van der Waals surface area contributed by atoms with Crippen LogP contribution >= 0.6 is 0 Å². The third-order valence-electron chi connectivity index (χ3n) is 5.32. The molecule has 1 aromatic carbocycles. The lowest BCUT2D eigenvalue weighted by atomic mass is 10.0. The van der Waals surface area contributed by atoms with Crippen molar-refractivity contribution in [1.29, 1.82) is 0 Å². The number of aromatic carboxylic acids is 1. The van der Waals surface area contributed by atoms with Crippen LogP contribution < -0.4 is 4.74 Å². The Hall–Kier alpha value is -2.83. The summed E-state index contributed by atoms with van der Waals surface area (Å²) in [5.41, 5.74) is 2.01. The summed E-state index contributed by atoms with van der Waals surface area (Å²) in [5.74, 6) is 0.0608. The summed E-state index contributed by atoms with van der Waals surface area (Å²) in [4.78, 5) is 25.5. The number of hydrogen-bond donors (Lipinski definition) is 1. The Morgan fingerprint density at radius 2 is 1.93 bits per heavy atom. The van der Waals surface area contributed by atoms with E-state index in [1.807, 2.05) is 36.1 Å². The first kappa shape index (κ1) is 19.9. The SMILES string of the molecule is Cc1ccccc1OCCCC(=O)N1CCC(n2ncc(C(=O)O)c2C)CC1. The van der Waals surface area contributed by atoms with Crippen LogP contribution in [0.4, 0.5) is 0 Å². The van der Waals surface area contributed by atoms with Gasteiger partial charge in [0.15, 0.2) is 0 Å². The predicted octanol–water partition coefficient (Wildman–Crippen LogP) is 3.22. The van der Waals surface area contributed by atoms with Crippen molar-refractivity contribution >= 4 is 11.9 Å². The molecule has 1 aromatic heterocycles. The summed E-state index contributed by atoms with van der Waals surface area (Å²) in [6.07, 6.45) is 4.14. The largest absolute Gasteiger partial charge is 0.493 e. The molecule has 1 fully saturated rings. The number of ether oxygens (including phenoxy) is 1. The van der Waals surface area contributed by atoms with Crippen LogP contribution in [0.1, 0.15) is 53.3 Å². The summed E-state index contributed by atoms with van der Waals surface area (Å²) in [6, 6.07) is 8.00. The normalized spacial score (nSPS) is 14.9. The Bertz CT molecular complexity index is 838. The van der Waals surface area contributed by atoms with Crippen molar-refractivity contribution in [2.75, 3.05) is 19.7 Å². The second-order valence-electron chi connectivity index (χ2n) is 7.22. The van der Waals surface area contributed by atoms with Crippen LogP contribution in [0.25, 0.3) is 0 Å². The van der Waals surface area contributed by atoms with Crippen molar-refractivity contribution in [3.8, 4) is 5.75 Å². The fourth-order valence-corrected chi connectivity index (χ4v) is 3.64. The van der Waals surface area contributed by atoms with Crippen LogP contribution in [0.2, 0.25) is 0 Å². The fraction of sp³-hybridized carbons (Fsp3) is 0.476. The molecule has 7 nitrogen and oxygen atoms in total. The van der Waals surface area contributed by atoms with E-state index in [1.54, 1.807) is 11.6 Å². The Morgan fingerprint density at radius 1 is 1.21 bits per heavy atom. The molecule has 1 saturated heterocycles. The average Bonchev–Trinajstić information content (AvgIpc) is 3.08. The number of amides is 1.